The second kappa shape index (κ2) is 8.49. The summed E-state index contributed by atoms with van der Waals surface area (Å²) in [7, 11) is -0.898. The first-order chi connectivity index (χ1) is 19.1. The molecule has 0 spiro atoms. The summed E-state index contributed by atoms with van der Waals surface area (Å²) in [5.41, 5.74) is 5.51. The minimum absolute atomic E-state index is 0.00357. The van der Waals surface area contributed by atoms with Crippen LogP contribution in [0.4, 0.5) is 0 Å². The monoisotopic (exact) mass is 564 g/mol. The number of benzene rings is 3. The van der Waals surface area contributed by atoms with E-state index in [9.17, 15) is 4.79 Å². The summed E-state index contributed by atoms with van der Waals surface area (Å²) in [6, 6.07) is 17.0. The number of ether oxygens (including phenoxy) is 2. The van der Waals surface area contributed by atoms with Crippen LogP contribution in [0.15, 0.2) is 48.5 Å². The fourth-order valence-electron chi connectivity index (χ4n) is 7.33. The van der Waals surface area contributed by atoms with Crippen LogP contribution >= 0.6 is 0 Å². The molecule has 3 aliphatic heterocycles. The van der Waals surface area contributed by atoms with E-state index in [2.05, 4.69) is 75.2 Å². The second-order valence-electron chi connectivity index (χ2n) is 10.6. The molecule has 1 amide bonds. The molecule has 2 aromatic heterocycles. The lowest BCUT2D eigenvalue weighted by molar-refractivity contribution is -0.256. The van der Waals surface area contributed by atoms with Gasteiger partial charge in [-0.05, 0) is 31.7 Å². The number of nitrogens with zero attached hydrogens (tertiary/aromatic N) is 2. The van der Waals surface area contributed by atoms with Crippen molar-refractivity contribution in [3.05, 3.63) is 59.7 Å². The number of amides is 1. The highest BCUT2D eigenvalue weighted by Crippen LogP contribution is 2.53. The van der Waals surface area contributed by atoms with E-state index in [4.69, 9.17) is 27.0 Å². The first kappa shape index (κ1) is 25.4. The molecule has 8 rings (SSSR count). The number of likely N-dealkylation sites (N-methyl/N-ethyl adjacent to an activating group) is 1. The Morgan fingerprint density at radius 3 is 2.33 bits per heavy atom. The van der Waals surface area contributed by atoms with E-state index in [-0.39, 0.29) is 24.3 Å². The molecule has 5 aromatic rings. The van der Waals surface area contributed by atoms with Gasteiger partial charge in [0.15, 0.2) is 5.72 Å². The standard InChI is InChI=1S/C28H26N4O3.H2O4S/c1-28-26(34-3)17(29-2)12-20(35-28)31-18-10-6-4-8-14(18)22-23-16(13-30-27(23)33)21-15-9-5-7-11-19(15)32(28)25(21)24(22)31;1-5(2,3)4/h4-11,17,20,26,29H,12-13H2,1-3H3,(H,30,33);(H2,1,2,3,4)/t17?,20-,26?,28+;/m0./s1. The van der Waals surface area contributed by atoms with Gasteiger partial charge >= 0.3 is 10.4 Å². The van der Waals surface area contributed by atoms with E-state index >= 15 is 0 Å². The van der Waals surface area contributed by atoms with Crippen LogP contribution in [0.2, 0.25) is 0 Å². The molecule has 12 heteroatoms. The lowest BCUT2D eigenvalue weighted by Gasteiger charge is -2.48. The van der Waals surface area contributed by atoms with E-state index in [1.54, 1.807) is 7.11 Å². The topological polar surface area (TPSA) is 144 Å². The SMILES string of the molecule is CNC1C[C@@H]2O[C@](C)(C1OC)n1c3ccccc3c3c4c(c5c6ccccc6n2c5c31)C(=O)NC4.O=S(=O)(O)O. The number of carbonyl (C=O) groups is 1. The van der Waals surface area contributed by atoms with E-state index < -0.39 is 16.1 Å². The number of carbonyl (C=O) groups excluding carboxylic acids is 1. The minimum Gasteiger partial charge on any atom is -0.375 e. The van der Waals surface area contributed by atoms with Gasteiger partial charge in [-0.1, -0.05) is 36.4 Å². The van der Waals surface area contributed by atoms with Gasteiger partial charge in [0, 0.05) is 47.7 Å². The number of para-hydroxylation sites is 2. The van der Waals surface area contributed by atoms with Crippen LogP contribution in [0.5, 0.6) is 0 Å². The van der Waals surface area contributed by atoms with Gasteiger partial charge in [0.05, 0.1) is 27.6 Å². The summed E-state index contributed by atoms with van der Waals surface area (Å²) in [5.74, 6) is 0.00357. The van der Waals surface area contributed by atoms with E-state index in [1.807, 2.05) is 7.05 Å². The van der Waals surface area contributed by atoms with Gasteiger partial charge in [0.25, 0.3) is 5.91 Å². The lowest BCUT2D eigenvalue weighted by atomic mass is 9.93. The number of nitrogens with one attached hydrogen (secondary N) is 2. The van der Waals surface area contributed by atoms with E-state index in [0.29, 0.717) is 6.54 Å². The smallest absolute Gasteiger partial charge is 0.375 e. The summed E-state index contributed by atoms with van der Waals surface area (Å²) >= 11 is 0. The Labute approximate surface area is 229 Å². The largest absolute Gasteiger partial charge is 0.394 e. The zero-order valence-corrected chi connectivity index (χ0v) is 22.8. The first-order valence-electron chi connectivity index (χ1n) is 13.0. The van der Waals surface area contributed by atoms with Crippen LogP contribution in [0.1, 0.15) is 35.5 Å². The highest BCUT2D eigenvalue weighted by molar-refractivity contribution is 7.79. The van der Waals surface area contributed by atoms with Crippen LogP contribution in [-0.4, -0.2) is 58.9 Å². The predicted octanol–water partition coefficient (Wildman–Crippen LogP) is 3.70. The molecular weight excluding hydrogens is 536 g/mol. The molecule has 0 saturated carbocycles. The van der Waals surface area contributed by atoms with Crippen LogP contribution in [0.25, 0.3) is 43.6 Å². The van der Waals surface area contributed by atoms with E-state index in [0.717, 1.165) is 61.2 Å². The Balaban J connectivity index is 0.000000490. The molecule has 1 fully saturated rings. The van der Waals surface area contributed by atoms with Gasteiger partial charge in [-0.3, -0.25) is 13.9 Å². The van der Waals surface area contributed by atoms with Crippen molar-refractivity contribution < 1.29 is 31.8 Å². The molecule has 4 N–H and O–H groups in total. The third kappa shape index (κ3) is 3.28. The van der Waals surface area contributed by atoms with Crippen LogP contribution < -0.4 is 10.6 Å². The van der Waals surface area contributed by atoms with Crippen LogP contribution in [0.3, 0.4) is 0 Å². The summed E-state index contributed by atoms with van der Waals surface area (Å²) < 4.78 is 49.5. The molecule has 0 radical (unpaired) electrons. The van der Waals surface area contributed by atoms with Gasteiger partial charge in [-0.2, -0.15) is 8.42 Å². The summed E-state index contributed by atoms with van der Waals surface area (Å²) in [4.78, 5) is 13.3. The van der Waals surface area contributed by atoms with Gasteiger partial charge < -0.3 is 29.2 Å². The maximum atomic E-state index is 13.3. The zero-order chi connectivity index (χ0) is 28.1. The Morgan fingerprint density at radius 2 is 1.68 bits per heavy atom. The number of hydrogen-bond donors (Lipinski definition) is 4. The fourth-order valence-corrected chi connectivity index (χ4v) is 7.33. The molecule has 208 valence electrons. The van der Waals surface area contributed by atoms with Crippen molar-refractivity contribution >= 4 is 59.9 Å². The summed E-state index contributed by atoms with van der Waals surface area (Å²) in [5, 5.41) is 11.0. The van der Waals surface area contributed by atoms with Crippen LogP contribution in [0, 0.1) is 0 Å². The van der Waals surface area contributed by atoms with Crippen molar-refractivity contribution in [1.29, 1.82) is 0 Å². The Bertz CT molecular complexity index is 1990. The van der Waals surface area contributed by atoms with Gasteiger partial charge in [0.2, 0.25) is 0 Å². The minimum atomic E-state index is -4.67. The third-order valence-corrected chi connectivity index (χ3v) is 8.60. The Hall–Kier alpha value is -3.52. The molecule has 4 atom stereocenters. The quantitative estimate of drug-likeness (QED) is 0.238. The lowest BCUT2D eigenvalue weighted by Crippen LogP contribution is -2.59. The Morgan fingerprint density at radius 1 is 1.05 bits per heavy atom. The van der Waals surface area contributed by atoms with Gasteiger partial charge in [-0.25, -0.2) is 0 Å². The highest BCUT2D eigenvalue weighted by Gasteiger charge is 2.53. The number of hydrogen-bond acceptors (Lipinski definition) is 6. The van der Waals surface area contributed by atoms with Gasteiger partial charge in [-0.15, -0.1) is 0 Å². The number of aromatic nitrogens is 2. The molecule has 11 nitrogen and oxygen atoms in total. The number of fused-ring (bicyclic) bond motifs is 13. The molecule has 3 aliphatic rings. The predicted molar refractivity (Wildman–Crippen MR) is 150 cm³/mol. The van der Waals surface area contributed by atoms with E-state index in [1.165, 1.54) is 0 Å². The highest BCUT2D eigenvalue weighted by atomic mass is 32.3. The van der Waals surface area contributed by atoms with Gasteiger partial charge in [0.1, 0.15) is 12.3 Å². The molecule has 0 aliphatic carbocycles. The average molecular weight is 565 g/mol. The van der Waals surface area contributed by atoms with Crippen molar-refractivity contribution in [2.45, 2.75) is 44.0 Å². The molecule has 5 heterocycles. The second-order valence-corrected chi connectivity index (χ2v) is 11.5. The third-order valence-electron chi connectivity index (χ3n) is 8.60. The number of methoxy groups -OCH3 is 1. The molecule has 3 aromatic carbocycles. The Kier molecular flexibility index (Phi) is 5.40. The average Bonchev–Trinajstić information content (AvgIpc) is 3.55. The number of rotatable bonds is 2. The normalized spacial score (nSPS) is 25.3. The maximum Gasteiger partial charge on any atom is 0.394 e. The molecule has 40 heavy (non-hydrogen) atoms. The van der Waals surface area contributed by atoms with Crippen molar-refractivity contribution in [3.63, 3.8) is 0 Å². The molecule has 2 unspecified atom stereocenters. The molecule has 1 saturated heterocycles. The van der Waals surface area contributed by atoms with Crippen LogP contribution in [-0.2, 0) is 32.1 Å². The molecular formula is C28H28N4O7S. The molecule has 2 bridgehead atoms. The fraction of sp³-hybridized carbons (Fsp3) is 0.321. The van der Waals surface area contributed by atoms with Crippen molar-refractivity contribution in [2.24, 2.45) is 0 Å². The zero-order valence-electron chi connectivity index (χ0n) is 22.0. The van der Waals surface area contributed by atoms with Crippen molar-refractivity contribution in [3.8, 4) is 0 Å². The maximum absolute atomic E-state index is 13.3. The van der Waals surface area contributed by atoms with Crippen molar-refractivity contribution in [2.75, 3.05) is 14.2 Å². The van der Waals surface area contributed by atoms with Crippen molar-refractivity contribution in [1.82, 2.24) is 19.8 Å². The first-order valence-corrected chi connectivity index (χ1v) is 14.3. The summed E-state index contributed by atoms with van der Waals surface area (Å²) in [6.45, 7) is 2.68. The summed E-state index contributed by atoms with van der Waals surface area (Å²) in [6.07, 6.45) is 0.337.